The fourth-order valence-electron chi connectivity index (χ4n) is 3.81. The normalized spacial score (nSPS) is 12.9. The van der Waals surface area contributed by atoms with Gasteiger partial charge in [-0.1, -0.05) is 52.7 Å². The highest BCUT2D eigenvalue weighted by Gasteiger charge is 2.32. The van der Waals surface area contributed by atoms with Crippen LogP contribution in [0, 0.1) is 12.7 Å². The van der Waals surface area contributed by atoms with Crippen molar-refractivity contribution >= 4 is 43.5 Å². The van der Waals surface area contributed by atoms with Crippen molar-refractivity contribution in [1.29, 1.82) is 0 Å². The Morgan fingerprint density at radius 1 is 0.949 bits per heavy atom. The van der Waals surface area contributed by atoms with E-state index in [1.807, 2.05) is 20.8 Å². The molecular formula is C29H33BrFN3O4S. The third kappa shape index (κ3) is 7.89. The van der Waals surface area contributed by atoms with Gasteiger partial charge in [0, 0.05) is 17.1 Å². The van der Waals surface area contributed by atoms with Gasteiger partial charge in [0.1, 0.15) is 18.4 Å². The van der Waals surface area contributed by atoms with E-state index >= 15 is 0 Å². The number of carbonyl (C=O) groups is 2. The first-order valence-electron chi connectivity index (χ1n) is 12.6. The summed E-state index contributed by atoms with van der Waals surface area (Å²) < 4.78 is 42.9. The summed E-state index contributed by atoms with van der Waals surface area (Å²) in [6.45, 7) is 6.69. The summed E-state index contributed by atoms with van der Waals surface area (Å²) in [4.78, 5) is 28.3. The summed E-state index contributed by atoms with van der Waals surface area (Å²) in [5, 5.41) is 2.88. The predicted octanol–water partition coefficient (Wildman–Crippen LogP) is 5.42. The molecule has 0 aromatic heterocycles. The van der Waals surface area contributed by atoms with Crippen LogP contribution in [-0.2, 0) is 26.2 Å². The molecule has 3 rings (SSSR count). The summed E-state index contributed by atoms with van der Waals surface area (Å²) >= 11 is 3.36. The average molecular weight is 619 g/mol. The largest absolute Gasteiger partial charge is 0.352 e. The van der Waals surface area contributed by atoms with Crippen LogP contribution in [0.25, 0.3) is 0 Å². The number of hydrogen-bond donors (Lipinski definition) is 1. The van der Waals surface area contributed by atoms with Gasteiger partial charge >= 0.3 is 0 Å². The molecule has 39 heavy (non-hydrogen) atoms. The van der Waals surface area contributed by atoms with E-state index < -0.39 is 34.3 Å². The Bertz CT molecular complexity index is 1380. The van der Waals surface area contributed by atoms with Gasteiger partial charge in [-0.05, 0) is 81.3 Å². The second-order valence-electron chi connectivity index (χ2n) is 9.44. The average Bonchev–Trinajstić information content (AvgIpc) is 2.91. The fraction of sp³-hybridized carbons (Fsp3) is 0.310. The van der Waals surface area contributed by atoms with E-state index in [4.69, 9.17) is 0 Å². The molecule has 3 aromatic carbocycles. The first-order chi connectivity index (χ1) is 18.4. The van der Waals surface area contributed by atoms with Gasteiger partial charge in [-0.15, -0.1) is 0 Å². The Morgan fingerprint density at radius 3 is 2.10 bits per heavy atom. The number of rotatable bonds is 11. The molecule has 0 bridgehead atoms. The molecule has 0 saturated carbocycles. The van der Waals surface area contributed by atoms with Gasteiger partial charge in [0.2, 0.25) is 11.8 Å². The van der Waals surface area contributed by atoms with Crippen molar-refractivity contribution in [3.63, 3.8) is 0 Å². The molecule has 0 aliphatic carbocycles. The van der Waals surface area contributed by atoms with Crippen molar-refractivity contribution < 1.29 is 22.4 Å². The van der Waals surface area contributed by atoms with Gasteiger partial charge in [-0.3, -0.25) is 13.9 Å². The van der Waals surface area contributed by atoms with Crippen LogP contribution in [0.3, 0.4) is 0 Å². The highest BCUT2D eigenvalue weighted by atomic mass is 79.9. The van der Waals surface area contributed by atoms with Crippen LogP contribution in [0.1, 0.15) is 38.3 Å². The minimum atomic E-state index is -4.14. The number of sulfonamides is 1. The van der Waals surface area contributed by atoms with E-state index in [-0.39, 0.29) is 23.4 Å². The van der Waals surface area contributed by atoms with Crippen LogP contribution in [0.5, 0.6) is 0 Å². The van der Waals surface area contributed by atoms with Gasteiger partial charge in [0.25, 0.3) is 10.0 Å². The van der Waals surface area contributed by atoms with E-state index in [2.05, 4.69) is 21.2 Å². The number of anilines is 1. The molecule has 7 nitrogen and oxygen atoms in total. The lowest BCUT2D eigenvalue weighted by atomic mass is 10.1. The zero-order chi connectivity index (χ0) is 28.7. The zero-order valence-electron chi connectivity index (χ0n) is 22.4. The summed E-state index contributed by atoms with van der Waals surface area (Å²) in [5.41, 5.74) is 1.79. The third-order valence-electron chi connectivity index (χ3n) is 6.44. The highest BCUT2D eigenvalue weighted by Crippen LogP contribution is 2.26. The van der Waals surface area contributed by atoms with Gasteiger partial charge < -0.3 is 10.2 Å². The monoisotopic (exact) mass is 617 g/mol. The van der Waals surface area contributed by atoms with Gasteiger partial charge in [-0.2, -0.15) is 0 Å². The Kier molecular flexibility index (Phi) is 10.3. The van der Waals surface area contributed by atoms with Crippen molar-refractivity contribution in [2.24, 2.45) is 0 Å². The van der Waals surface area contributed by atoms with Crippen molar-refractivity contribution in [3.8, 4) is 0 Å². The number of aryl methyl sites for hydroxylation is 1. The quantitative estimate of drug-likeness (QED) is 0.311. The molecule has 0 spiro atoms. The van der Waals surface area contributed by atoms with E-state index in [9.17, 15) is 22.4 Å². The van der Waals surface area contributed by atoms with E-state index in [1.165, 1.54) is 41.3 Å². The molecule has 0 radical (unpaired) electrons. The Balaban J connectivity index is 2.01. The van der Waals surface area contributed by atoms with E-state index in [0.29, 0.717) is 17.7 Å². The molecule has 2 amide bonds. The first kappa shape index (κ1) is 30.3. The molecular weight excluding hydrogens is 585 g/mol. The Labute approximate surface area is 238 Å². The molecule has 1 N–H and O–H groups in total. The number of amides is 2. The van der Waals surface area contributed by atoms with E-state index in [0.717, 1.165) is 14.3 Å². The maximum atomic E-state index is 13.9. The molecule has 0 fully saturated rings. The van der Waals surface area contributed by atoms with Crippen LogP contribution in [0.4, 0.5) is 10.1 Å². The Morgan fingerprint density at radius 2 is 1.54 bits per heavy atom. The summed E-state index contributed by atoms with van der Waals surface area (Å²) in [6.07, 6.45) is 0.705. The van der Waals surface area contributed by atoms with Crippen molar-refractivity contribution in [2.75, 3.05) is 10.8 Å². The standard InChI is InChI=1S/C29H33BrFN3O4S/c1-5-21(3)32-29(36)22(4)33(18-23-8-12-25(31)13-9-23)28(35)19-34(26-14-10-24(30)11-15-26)39(37,38)27-16-6-20(2)7-17-27/h6-17,21-22H,5,18-19H2,1-4H3,(H,32,36). The second kappa shape index (κ2) is 13.2. The number of carbonyl (C=O) groups excluding carboxylic acids is 2. The first-order valence-corrected chi connectivity index (χ1v) is 14.8. The number of nitrogens with one attached hydrogen (secondary N) is 1. The molecule has 2 unspecified atom stereocenters. The van der Waals surface area contributed by atoms with Crippen LogP contribution >= 0.6 is 15.9 Å². The molecule has 10 heteroatoms. The highest BCUT2D eigenvalue weighted by molar-refractivity contribution is 9.10. The van der Waals surface area contributed by atoms with Crippen LogP contribution in [0.15, 0.2) is 82.2 Å². The van der Waals surface area contributed by atoms with Crippen molar-refractivity contribution in [1.82, 2.24) is 10.2 Å². The minimum Gasteiger partial charge on any atom is -0.352 e. The predicted molar refractivity (Wildman–Crippen MR) is 154 cm³/mol. The van der Waals surface area contributed by atoms with Crippen molar-refractivity contribution in [3.05, 3.63) is 94.2 Å². The van der Waals surface area contributed by atoms with E-state index in [1.54, 1.807) is 43.3 Å². The lowest BCUT2D eigenvalue weighted by Gasteiger charge is -2.32. The molecule has 0 saturated heterocycles. The number of benzene rings is 3. The van der Waals surface area contributed by atoms with Gasteiger partial charge in [0.15, 0.2) is 0 Å². The topological polar surface area (TPSA) is 86.8 Å². The number of hydrogen-bond acceptors (Lipinski definition) is 4. The molecule has 2 atom stereocenters. The lowest BCUT2D eigenvalue weighted by Crippen LogP contribution is -2.52. The smallest absolute Gasteiger partial charge is 0.264 e. The minimum absolute atomic E-state index is 0.00698. The molecule has 0 aliphatic rings. The molecule has 0 heterocycles. The number of halogens is 2. The summed E-state index contributed by atoms with van der Waals surface area (Å²) in [7, 11) is -4.14. The molecule has 3 aromatic rings. The SMILES string of the molecule is CCC(C)NC(=O)C(C)N(Cc1ccc(F)cc1)C(=O)CN(c1ccc(Br)cc1)S(=O)(=O)c1ccc(C)cc1. The zero-order valence-corrected chi connectivity index (χ0v) is 24.8. The third-order valence-corrected chi connectivity index (χ3v) is 8.75. The maximum absolute atomic E-state index is 13.9. The second-order valence-corrected chi connectivity index (χ2v) is 12.2. The van der Waals surface area contributed by atoms with Gasteiger partial charge in [0.05, 0.1) is 10.6 Å². The van der Waals surface area contributed by atoms with Crippen molar-refractivity contribution in [2.45, 2.75) is 57.6 Å². The summed E-state index contributed by atoms with van der Waals surface area (Å²) in [5.74, 6) is -1.37. The fourth-order valence-corrected chi connectivity index (χ4v) is 5.49. The summed E-state index contributed by atoms with van der Waals surface area (Å²) in [6, 6.07) is 17.6. The van der Waals surface area contributed by atoms with Gasteiger partial charge in [-0.25, -0.2) is 12.8 Å². The Hall–Kier alpha value is -3.24. The maximum Gasteiger partial charge on any atom is 0.264 e. The van der Waals surface area contributed by atoms with Crippen LogP contribution < -0.4 is 9.62 Å². The van der Waals surface area contributed by atoms with Crippen LogP contribution in [-0.4, -0.2) is 43.8 Å². The van der Waals surface area contributed by atoms with Crippen LogP contribution in [0.2, 0.25) is 0 Å². The number of nitrogens with zero attached hydrogens (tertiary/aromatic N) is 2. The molecule has 0 aliphatic heterocycles. The molecule has 208 valence electrons. The lowest BCUT2D eigenvalue weighted by molar-refractivity contribution is -0.139.